The molecule has 0 radical (unpaired) electrons. The van der Waals surface area contributed by atoms with E-state index >= 15 is 0 Å². The predicted octanol–water partition coefficient (Wildman–Crippen LogP) is 2.44. The van der Waals surface area contributed by atoms with Gasteiger partial charge in [0.05, 0.1) is 6.61 Å². The molecule has 1 N–H and O–H groups in total. The first kappa shape index (κ1) is 11.9. The van der Waals surface area contributed by atoms with Gasteiger partial charge in [-0.2, -0.15) is 0 Å². The van der Waals surface area contributed by atoms with Crippen molar-refractivity contribution >= 4 is 16.5 Å². The molecular weight excluding hydrogens is 241 g/mol. The zero-order chi connectivity index (χ0) is 12.1. The summed E-state index contributed by atoms with van der Waals surface area (Å²) < 4.78 is 18.6. The molecule has 0 saturated carbocycles. The van der Waals surface area contributed by atoms with Crippen molar-refractivity contribution in [2.45, 2.75) is 13.2 Å². The third-order valence-corrected chi connectivity index (χ3v) is 3.04. The molecule has 0 bridgehead atoms. The summed E-state index contributed by atoms with van der Waals surface area (Å²) in [6, 6.07) is 6.56. The Kier molecular flexibility index (Phi) is 4.00. The molecule has 2 aromatic rings. The van der Waals surface area contributed by atoms with Gasteiger partial charge < -0.3 is 10.1 Å². The van der Waals surface area contributed by atoms with Crippen molar-refractivity contribution in [3.05, 3.63) is 40.7 Å². The summed E-state index contributed by atoms with van der Waals surface area (Å²) >= 11 is 1.42. The summed E-state index contributed by atoms with van der Waals surface area (Å²) in [6.45, 7) is 0.578. The maximum Gasteiger partial charge on any atom is 0.205 e. The molecule has 0 aliphatic rings. The van der Waals surface area contributed by atoms with Crippen LogP contribution in [0.5, 0.6) is 0 Å². The lowest BCUT2D eigenvalue weighted by molar-refractivity contribution is 0.104. The van der Waals surface area contributed by atoms with E-state index in [4.69, 9.17) is 4.74 Å². The van der Waals surface area contributed by atoms with Crippen molar-refractivity contribution in [3.8, 4) is 0 Å². The number of rotatable bonds is 5. The Hall–Kier alpha value is -1.53. The molecule has 17 heavy (non-hydrogen) atoms. The summed E-state index contributed by atoms with van der Waals surface area (Å²) in [5.41, 5.74) is 0.547. The van der Waals surface area contributed by atoms with Crippen LogP contribution < -0.4 is 5.32 Å². The van der Waals surface area contributed by atoms with Crippen LogP contribution in [0.4, 0.5) is 9.52 Å². The fourth-order valence-corrected chi connectivity index (χ4v) is 1.91. The SMILES string of the molecule is CNc1nnc(COCc2ccccc2F)s1. The minimum Gasteiger partial charge on any atom is -0.369 e. The van der Waals surface area contributed by atoms with E-state index < -0.39 is 0 Å². The quantitative estimate of drug-likeness (QED) is 0.889. The van der Waals surface area contributed by atoms with Crippen molar-refractivity contribution in [1.82, 2.24) is 10.2 Å². The smallest absolute Gasteiger partial charge is 0.205 e. The lowest BCUT2D eigenvalue weighted by Gasteiger charge is -2.02. The van der Waals surface area contributed by atoms with Gasteiger partial charge in [-0.25, -0.2) is 4.39 Å². The minimum absolute atomic E-state index is 0.237. The second-order valence-electron chi connectivity index (χ2n) is 3.34. The number of nitrogens with zero attached hydrogens (tertiary/aromatic N) is 2. The monoisotopic (exact) mass is 253 g/mol. The standard InChI is InChI=1S/C11H12FN3OS/c1-13-11-15-14-10(17-11)7-16-6-8-4-2-3-5-9(8)12/h2-5H,6-7H2,1H3,(H,13,15). The second-order valence-corrected chi connectivity index (χ2v) is 4.40. The highest BCUT2D eigenvalue weighted by Gasteiger charge is 2.04. The summed E-state index contributed by atoms with van der Waals surface area (Å²) in [5, 5.41) is 12.2. The Morgan fingerprint density at radius 3 is 2.82 bits per heavy atom. The molecule has 6 heteroatoms. The number of ether oxygens (including phenoxy) is 1. The van der Waals surface area contributed by atoms with Gasteiger partial charge in [0.15, 0.2) is 0 Å². The summed E-state index contributed by atoms with van der Waals surface area (Å²) in [7, 11) is 1.78. The molecule has 0 aliphatic heterocycles. The van der Waals surface area contributed by atoms with Gasteiger partial charge in [0, 0.05) is 12.6 Å². The van der Waals surface area contributed by atoms with E-state index in [1.54, 1.807) is 25.2 Å². The number of aromatic nitrogens is 2. The van der Waals surface area contributed by atoms with Crippen LogP contribution >= 0.6 is 11.3 Å². The number of nitrogens with one attached hydrogen (secondary N) is 1. The van der Waals surface area contributed by atoms with Gasteiger partial charge in [-0.15, -0.1) is 10.2 Å². The van der Waals surface area contributed by atoms with E-state index in [1.165, 1.54) is 17.4 Å². The van der Waals surface area contributed by atoms with Crippen LogP contribution in [0, 0.1) is 5.82 Å². The zero-order valence-corrected chi connectivity index (χ0v) is 10.1. The predicted molar refractivity (Wildman–Crippen MR) is 64.3 cm³/mol. The lowest BCUT2D eigenvalue weighted by atomic mass is 10.2. The van der Waals surface area contributed by atoms with Crippen LogP contribution in [-0.4, -0.2) is 17.2 Å². The van der Waals surface area contributed by atoms with Crippen LogP contribution in [0.3, 0.4) is 0 Å². The van der Waals surface area contributed by atoms with Crippen LogP contribution in [0.25, 0.3) is 0 Å². The molecule has 0 atom stereocenters. The maximum atomic E-state index is 13.3. The summed E-state index contributed by atoms with van der Waals surface area (Å²) in [6.07, 6.45) is 0. The van der Waals surface area contributed by atoms with Crippen LogP contribution in [-0.2, 0) is 18.0 Å². The van der Waals surface area contributed by atoms with Gasteiger partial charge in [-0.3, -0.25) is 0 Å². The average Bonchev–Trinajstić information content (AvgIpc) is 2.80. The van der Waals surface area contributed by atoms with Crippen molar-refractivity contribution in [3.63, 3.8) is 0 Å². The summed E-state index contributed by atoms with van der Waals surface area (Å²) in [4.78, 5) is 0. The van der Waals surface area contributed by atoms with Gasteiger partial charge in [0.1, 0.15) is 17.4 Å². The molecule has 0 amide bonds. The first-order chi connectivity index (χ1) is 8.29. The molecule has 4 nitrogen and oxygen atoms in total. The molecule has 0 spiro atoms. The highest BCUT2D eigenvalue weighted by atomic mass is 32.1. The molecular formula is C11H12FN3OS. The molecule has 2 rings (SSSR count). The number of hydrogen-bond donors (Lipinski definition) is 1. The van der Waals surface area contributed by atoms with Gasteiger partial charge >= 0.3 is 0 Å². The zero-order valence-electron chi connectivity index (χ0n) is 9.31. The first-order valence-corrected chi connectivity index (χ1v) is 5.92. The third-order valence-electron chi connectivity index (χ3n) is 2.12. The fourth-order valence-electron chi connectivity index (χ4n) is 1.28. The molecule has 0 fully saturated rings. The number of anilines is 1. The Balaban J connectivity index is 1.85. The molecule has 0 aliphatic carbocycles. The van der Waals surface area contributed by atoms with E-state index in [0.717, 1.165) is 10.1 Å². The van der Waals surface area contributed by atoms with E-state index in [9.17, 15) is 4.39 Å². The van der Waals surface area contributed by atoms with E-state index in [0.29, 0.717) is 12.2 Å². The third kappa shape index (κ3) is 3.21. The normalized spacial score (nSPS) is 10.5. The Morgan fingerprint density at radius 1 is 1.29 bits per heavy atom. The van der Waals surface area contributed by atoms with Gasteiger partial charge in [0.2, 0.25) is 5.13 Å². The highest BCUT2D eigenvalue weighted by Crippen LogP contribution is 2.16. The fraction of sp³-hybridized carbons (Fsp3) is 0.273. The lowest BCUT2D eigenvalue weighted by Crippen LogP contribution is -1.96. The van der Waals surface area contributed by atoms with E-state index in [-0.39, 0.29) is 12.4 Å². The maximum absolute atomic E-state index is 13.3. The number of hydrogen-bond acceptors (Lipinski definition) is 5. The van der Waals surface area contributed by atoms with Gasteiger partial charge in [-0.1, -0.05) is 29.5 Å². The van der Waals surface area contributed by atoms with Crippen molar-refractivity contribution in [2.24, 2.45) is 0 Å². The van der Waals surface area contributed by atoms with Crippen molar-refractivity contribution in [2.75, 3.05) is 12.4 Å². The molecule has 1 heterocycles. The molecule has 0 saturated heterocycles. The van der Waals surface area contributed by atoms with E-state index in [2.05, 4.69) is 15.5 Å². The highest BCUT2D eigenvalue weighted by molar-refractivity contribution is 7.15. The first-order valence-electron chi connectivity index (χ1n) is 5.11. The summed E-state index contributed by atoms with van der Waals surface area (Å²) in [5.74, 6) is -0.249. The van der Waals surface area contributed by atoms with Crippen molar-refractivity contribution < 1.29 is 9.13 Å². The minimum atomic E-state index is -0.249. The Bertz CT molecular complexity index is 489. The molecule has 1 aromatic carbocycles. The Morgan fingerprint density at radius 2 is 2.12 bits per heavy atom. The van der Waals surface area contributed by atoms with Crippen LogP contribution in [0.1, 0.15) is 10.6 Å². The van der Waals surface area contributed by atoms with Gasteiger partial charge in [0.25, 0.3) is 0 Å². The number of halogens is 1. The molecule has 1 aromatic heterocycles. The van der Waals surface area contributed by atoms with Gasteiger partial charge in [-0.05, 0) is 6.07 Å². The van der Waals surface area contributed by atoms with Crippen LogP contribution in [0.2, 0.25) is 0 Å². The average molecular weight is 253 g/mol. The topological polar surface area (TPSA) is 47.0 Å². The largest absolute Gasteiger partial charge is 0.369 e. The molecule has 90 valence electrons. The Labute approximate surface area is 102 Å². The number of benzene rings is 1. The van der Waals surface area contributed by atoms with Crippen molar-refractivity contribution in [1.29, 1.82) is 0 Å². The van der Waals surface area contributed by atoms with Crippen LogP contribution in [0.15, 0.2) is 24.3 Å². The molecule has 0 unspecified atom stereocenters. The second kappa shape index (κ2) is 5.70. The van der Waals surface area contributed by atoms with E-state index in [1.807, 2.05) is 0 Å².